The van der Waals surface area contributed by atoms with Gasteiger partial charge in [-0.25, -0.2) is 0 Å². The van der Waals surface area contributed by atoms with Crippen LogP contribution in [0.4, 0.5) is 11.4 Å². The second kappa shape index (κ2) is 3.61. The van der Waals surface area contributed by atoms with Crippen molar-refractivity contribution >= 4 is 11.4 Å². The molecule has 0 radical (unpaired) electrons. The van der Waals surface area contributed by atoms with Crippen LogP contribution in [-0.4, -0.2) is 4.98 Å². The van der Waals surface area contributed by atoms with Gasteiger partial charge in [-0.2, -0.15) is 0 Å². The molecule has 15 heavy (non-hydrogen) atoms. The van der Waals surface area contributed by atoms with Gasteiger partial charge in [0.05, 0.1) is 17.6 Å². The zero-order chi connectivity index (χ0) is 10.8. The predicted molar refractivity (Wildman–Crippen MR) is 63.2 cm³/mol. The number of nitrogens with two attached hydrogens (primary N) is 2. The van der Waals surface area contributed by atoms with Crippen LogP contribution in [0.3, 0.4) is 0 Å². The smallest absolute Gasteiger partial charge is 0.0740 e. The Morgan fingerprint density at radius 3 is 2.67 bits per heavy atom. The van der Waals surface area contributed by atoms with Crippen molar-refractivity contribution in [1.82, 2.24) is 4.98 Å². The maximum Gasteiger partial charge on any atom is 0.0740 e. The zero-order valence-electron chi connectivity index (χ0n) is 8.57. The van der Waals surface area contributed by atoms with E-state index in [2.05, 4.69) is 11.1 Å². The lowest BCUT2D eigenvalue weighted by molar-refractivity contribution is 1.33. The third-order valence-electron chi connectivity index (χ3n) is 2.35. The van der Waals surface area contributed by atoms with Crippen molar-refractivity contribution in [2.45, 2.75) is 6.92 Å². The lowest BCUT2D eigenvalue weighted by Crippen LogP contribution is -1.98. The van der Waals surface area contributed by atoms with E-state index in [1.807, 2.05) is 25.1 Å². The minimum atomic E-state index is 0.522. The molecule has 0 saturated heterocycles. The molecule has 0 saturated carbocycles. The summed E-state index contributed by atoms with van der Waals surface area (Å²) in [5.74, 6) is 0. The standard InChI is InChI=1S/C12H13N3/c1-8-3-2-4-9(5-8)10-6-15-7-11(13)12(10)14/h2-7H,13H2,1H3,(H2,14,15). The summed E-state index contributed by atoms with van der Waals surface area (Å²) in [5.41, 5.74) is 15.8. The number of rotatable bonds is 1. The normalized spacial score (nSPS) is 10.2. The van der Waals surface area contributed by atoms with Crippen molar-refractivity contribution in [3.05, 3.63) is 42.2 Å². The summed E-state index contributed by atoms with van der Waals surface area (Å²) in [6.07, 6.45) is 3.30. The van der Waals surface area contributed by atoms with Crippen LogP contribution in [0.2, 0.25) is 0 Å². The number of hydrogen-bond donors (Lipinski definition) is 2. The molecule has 2 aromatic rings. The number of pyridine rings is 1. The third kappa shape index (κ3) is 1.76. The van der Waals surface area contributed by atoms with Gasteiger partial charge in [0, 0.05) is 11.8 Å². The Morgan fingerprint density at radius 2 is 1.93 bits per heavy atom. The average molecular weight is 199 g/mol. The molecule has 1 aromatic carbocycles. The van der Waals surface area contributed by atoms with E-state index in [1.54, 1.807) is 12.4 Å². The summed E-state index contributed by atoms with van der Waals surface area (Å²) in [6.45, 7) is 2.04. The molecule has 4 N–H and O–H groups in total. The first-order valence-corrected chi connectivity index (χ1v) is 4.74. The molecule has 0 aliphatic carbocycles. The Labute approximate surface area is 88.8 Å². The van der Waals surface area contributed by atoms with Crippen molar-refractivity contribution < 1.29 is 0 Å². The van der Waals surface area contributed by atoms with E-state index >= 15 is 0 Å². The molecule has 1 heterocycles. The van der Waals surface area contributed by atoms with E-state index in [1.165, 1.54) is 5.56 Å². The molecule has 0 amide bonds. The molecule has 0 bridgehead atoms. The number of nitrogen functional groups attached to an aromatic ring is 2. The molecule has 3 nitrogen and oxygen atoms in total. The lowest BCUT2D eigenvalue weighted by atomic mass is 10.0. The highest BCUT2D eigenvalue weighted by Gasteiger charge is 2.05. The van der Waals surface area contributed by atoms with Gasteiger partial charge in [-0.3, -0.25) is 4.98 Å². The minimum Gasteiger partial charge on any atom is -0.396 e. The molecule has 0 atom stereocenters. The van der Waals surface area contributed by atoms with E-state index in [9.17, 15) is 0 Å². The van der Waals surface area contributed by atoms with Gasteiger partial charge in [-0.1, -0.05) is 29.8 Å². The van der Waals surface area contributed by atoms with Gasteiger partial charge in [0.1, 0.15) is 0 Å². The van der Waals surface area contributed by atoms with E-state index in [0.29, 0.717) is 11.4 Å². The highest BCUT2D eigenvalue weighted by molar-refractivity contribution is 5.83. The first-order chi connectivity index (χ1) is 7.18. The topological polar surface area (TPSA) is 64.9 Å². The highest BCUT2D eigenvalue weighted by Crippen LogP contribution is 2.29. The minimum absolute atomic E-state index is 0.522. The van der Waals surface area contributed by atoms with Crippen LogP contribution in [0.25, 0.3) is 11.1 Å². The summed E-state index contributed by atoms with van der Waals surface area (Å²) >= 11 is 0. The van der Waals surface area contributed by atoms with Crippen molar-refractivity contribution in [3.8, 4) is 11.1 Å². The highest BCUT2D eigenvalue weighted by atomic mass is 14.7. The summed E-state index contributed by atoms with van der Waals surface area (Å²) in [7, 11) is 0. The number of aryl methyl sites for hydroxylation is 1. The van der Waals surface area contributed by atoms with Crippen molar-refractivity contribution in [3.63, 3.8) is 0 Å². The van der Waals surface area contributed by atoms with Gasteiger partial charge < -0.3 is 11.5 Å². The number of aromatic nitrogens is 1. The molecule has 0 unspecified atom stereocenters. The lowest BCUT2D eigenvalue weighted by Gasteiger charge is -2.07. The zero-order valence-corrected chi connectivity index (χ0v) is 8.57. The van der Waals surface area contributed by atoms with E-state index in [-0.39, 0.29) is 0 Å². The summed E-state index contributed by atoms with van der Waals surface area (Å²) in [4.78, 5) is 4.05. The first-order valence-electron chi connectivity index (χ1n) is 4.74. The number of anilines is 2. The van der Waals surface area contributed by atoms with Gasteiger partial charge in [0.25, 0.3) is 0 Å². The maximum absolute atomic E-state index is 5.90. The second-order valence-corrected chi connectivity index (χ2v) is 3.56. The Balaban J connectivity index is 2.59. The number of nitrogens with zero attached hydrogens (tertiary/aromatic N) is 1. The molecular formula is C12H13N3. The van der Waals surface area contributed by atoms with Gasteiger partial charge >= 0.3 is 0 Å². The van der Waals surface area contributed by atoms with Crippen molar-refractivity contribution in [2.75, 3.05) is 11.5 Å². The summed E-state index contributed by atoms with van der Waals surface area (Å²) < 4.78 is 0. The van der Waals surface area contributed by atoms with Gasteiger partial charge in [-0.05, 0) is 12.5 Å². The number of benzene rings is 1. The Hall–Kier alpha value is -2.03. The van der Waals surface area contributed by atoms with E-state index in [0.717, 1.165) is 11.1 Å². The maximum atomic E-state index is 5.90. The Morgan fingerprint density at radius 1 is 1.13 bits per heavy atom. The molecule has 2 rings (SSSR count). The van der Waals surface area contributed by atoms with Crippen molar-refractivity contribution in [2.24, 2.45) is 0 Å². The van der Waals surface area contributed by atoms with Crippen LogP contribution < -0.4 is 11.5 Å². The molecular weight excluding hydrogens is 186 g/mol. The molecule has 3 heteroatoms. The third-order valence-corrected chi connectivity index (χ3v) is 2.35. The van der Waals surface area contributed by atoms with Gasteiger partial charge in [0.15, 0.2) is 0 Å². The van der Waals surface area contributed by atoms with E-state index in [4.69, 9.17) is 11.5 Å². The fourth-order valence-corrected chi connectivity index (χ4v) is 1.53. The summed E-state index contributed by atoms with van der Waals surface area (Å²) in [5, 5.41) is 0. The monoisotopic (exact) mass is 199 g/mol. The molecule has 0 spiro atoms. The largest absolute Gasteiger partial charge is 0.396 e. The quantitative estimate of drug-likeness (QED) is 0.740. The molecule has 0 aliphatic heterocycles. The molecule has 1 aromatic heterocycles. The number of hydrogen-bond acceptors (Lipinski definition) is 3. The van der Waals surface area contributed by atoms with Crippen LogP contribution in [0, 0.1) is 6.92 Å². The predicted octanol–water partition coefficient (Wildman–Crippen LogP) is 2.22. The Kier molecular flexibility index (Phi) is 2.29. The SMILES string of the molecule is Cc1cccc(-c2cncc(N)c2N)c1. The first kappa shape index (κ1) is 9.52. The van der Waals surface area contributed by atoms with Crippen LogP contribution in [0.1, 0.15) is 5.56 Å². The summed E-state index contributed by atoms with van der Waals surface area (Å²) in [6, 6.07) is 8.10. The van der Waals surface area contributed by atoms with Crippen LogP contribution in [0.15, 0.2) is 36.7 Å². The van der Waals surface area contributed by atoms with Crippen molar-refractivity contribution in [1.29, 1.82) is 0 Å². The van der Waals surface area contributed by atoms with Crippen LogP contribution in [0.5, 0.6) is 0 Å². The molecule has 76 valence electrons. The fourth-order valence-electron chi connectivity index (χ4n) is 1.53. The van der Waals surface area contributed by atoms with E-state index < -0.39 is 0 Å². The Bertz CT molecular complexity index is 492. The second-order valence-electron chi connectivity index (χ2n) is 3.56. The van der Waals surface area contributed by atoms with Gasteiger partial charge in [0.2, 0.25) is 0 Å². The average Bonchev–Trinajstić information content (AvgIpc) is 2.22. The molecule has 0 aliphatic rings. The molecule has 0 fully saturated rings. The van der Waals surface area contributed by atoms with Crippen LogP contribution >= 0.6 is 0 Å². The van der Waals surface area contributed by atoms with Crippen LogP contribution in [-0.2, 0) is 0 Å². The fraction of sp³-hybridized carbons (Fsp3) is 0.0833. The van der Waals surface area contributed by atoms with Gasteiger partial charge in [-0.15, -0.1) is 0 Å².